The number of hydrogen-bond acceptors (Lipinski definition) is 5. The Bertz CT molecular complexity index is 690. The van der Waals surface area contributed by atoms with Gasteiger partial charge in [0.1, 0.15) is 0 Å². The van der Waals surface area contributed by atoms with E-state index < -0.39 is 17.8 Å². The predicted molar refractivity (Wildman–Crippen MR) is 93.7 cm³/mol. The van der Waals surface area contributed by atoms with Crippen LogP contribution in [0.2, 0.25) is 0 Å². The van der Waals surface area contributed by atoms with Gasteiger partial charge in [-0.3, -0.25) is 4.79 Å². The van der Waals surface area contributed by atoms with Gasteiger partial charge in [0, 0.05) is 18.4 Å². The standard InChI is InChI=1S/C21H30O5/c1-10-11-5-6-13-20(3)12(15(22)21(13,9-11)16(10)25-4)7-8-19(2)14(20)17(23)26-18(19)24/h11-17,22-23H,1,5-9H2,2-4H3. The summed E-state index contributed by atoms with van der Waals surface area (Å²) in [6, 6.07) is 0. The van der Waals surface area contributed by atoms with Gasteiger partial charge in [0.25, 0.3) is 0 Å². The number of hydrogen-bond donors (Lipinski definition) is 2. The summed E-state index contributed by atoms with van der Waals surface area (Å²) in [7, 11) is 1.72. The van der Waals surface area contributed by atoms with Crippen LogP contribution in [0, 0.1) is 39.9 Å². The van der Waals surface area contributed by atoms with Gasteiger partial charge in [0.15, 0.2) is 0 Å². The summed E-state index contributed by atoms with van der Waals surface area (Å²) in [6.45, 7) is 8.46. The van der Waals surface area contributed by atoms with Crippen molar-refractivity contribution < 1.29 is 24.5 Å². The van der Waals surface area contributed by atoms with Gasteiger partial charge in [-0.2, -0.15) is 0 Å². The molecule has 0 amide bonds. The first-order valence-corrected chi connectivity index (χ1v) is 10.0. The van der Waals surface area contributed by atoms with Crippen LogP contribution in [-0.4, -0.2) is 41.8 Å². The molecule has 1 spiro atoms. The molecule has 0 aromatic rings. The molecule has 1 heterocycles. The van der Waals surface area contributed by atoms with Crippen LogP contribution in [0.1, 0.15) is 46.0 Å². The number of methoxy groups -OCH3 is 1. The van der Waals surface area contributed by atoms with Crippen LogP contribution >= 0.6 is 0 Å². The fraction of sp³-hybridized carbons (Fsp3) is 0.857. The highest BCUT2D eigenvalue weighted by Crippen LogP contribution is 2.77. The molecule has 5 nitrogen and oxygen atoms in total. The van der Waals surface area contributed by atoms with Crippen LogP contribution in [-0.2, 0) is 14.3 Å². The number of cyclic esters (lactones) is 1. The lowest BCUT2D eigenvalue weighted by atomic mass is 9.49. The van der Waals surface area contributed by atoms with E-state index in [1.54, 1.807) is 7.11 Å². The van der Waals surface area contributed by atoms with E-state index in [4.69, 9.17) is 9.47 Å². The molecule has 5 rings (SSSR count). The monoisotopic (exact) mass is 362 g/mol. The minimum Gasteiger partial charge on any atom is -0.435 e. The minimum absolute atomic E-state index is 0.0528. The highest BCUT2D eigenvalue weighted by atomic mass is 16.6. The molecule has 10 unspecified atom stereocenters. The van der Waals surface area contributed by atoms with Crippen LogP contribution in [0.5, 0.6) is 0 Å². The predicted octanol–water partition coefficient (Wildman–Crippen LogP) is 2.26. The molecule has 4 aliphatic carbocycles. The molecule has 2 bridgehead atoms. The van der Waals surface area contributed by atoms with Crippen molar-refractivity contribution in [2.45, 2.75) is 64.4 Å². The van der Waals surface area contributed by atoms with Crippen molar-refractivity contribution in [1.82, 2.24) is 0 Å². The van der Waals surface area contributed by atoms with Crippen molar-refractivity contribution in [3.63, 3.8) is 0 Å². The number of rotatable bonds is 1. The number of carbonyl (C=O) groups is 1. The molecule has 144 valence electrons. The van der Waals surface area contributed by atoms with E-state index in [1.807, 2.05) is 6.92 Å². The average molecular weight is 362 g/mol. The van der Waals surface area contributed by atoms with Crippen molar-refractivity contribution >= 4 is 5.97 Å². The fourth-order valence-electron chi connectivity index (χ4n) is 8.57. The molecule has 26 heavy (non-hydrogen) atoms. The van der Waals surface area contributed by atoms with Crippen molar-refractivity contribution in [1.29, 1.82) is 0 Å². The molecule has 1 saturated heterocycles. The largest absolute Gasteiger partial charge is 0.435 e. The lowest BCUT2D eigenvalue weighted by Gasteiger charge is -2.53. The van der Waals surface area contributed by atoms with Gasteiger partial charge < -0.3 is 19.7 Å². The van der Waals surface area contributed by atoms with Crippen LogP contribution in [0.3, 0.4) is 0 Å². The summed E-state index contributed by atoms with van der Waals surface area (Å²) in [5.74, 6) is 0.106. The second-order valence-corrected chi connectivity index (χ2v) is 9.98. The van der Waals surface area contributed by atoms with E-state index in [0.717, 1.165) is 31.3 Å². The molecule has 4 saturated carbocycles. The fourth-order valence-corrected chi connectivity index (χ4v) is 8.57. The van der Waals surface area contributed by atoms with E-state index in [2.05, 4.69) is 13.5 Å². The molecular weight excluding hydrogens is 332 g/mol. The van der Waals surface area contributed by atoms with Crippen LogP contribution in [0.15, 0.2) is 12.2 Å². The third kappa shape index (κ3) is 1.56. The molecule has 5 fully saturated rings. The van der Waals surface area contributed by atoms with Crippen LogP contribution in [0.25, 0.3) is 0 Å². The van der Waals surface area contributed by atoms with Crippen LogP contribution in [0.4, 0.5) is 0 Å². The van der Waals surface area contributed by atoms with E-state index in [-0.39, 0.29) is 40.7 Å². The van der Waals surface area contributed by atoms with Gasteiger partial charge in [-0.1, -0.05) is 13.5 Å². The molecule has 0 aromatic heterocycles. The third-order valence-electron chi connectivity index (χ3n) is 9.43. The molecule has 10 atom stereocenters. The number of fused-ring (bicyclic) bond motifs is 5. The second-order valence-electron chi connectivity index (χ2n) is 9.98. The minimum atomic E-state index is -1.08. The zero-order chi connectivity index (χ0) is 18.6. The van der Waals surface area contributed by atoms with E-state index >= 15 is 0 Å². The van der Waals surface area contributed by atoms with E-state index in [9.17, 15) is 15.0 Å². The van der Waals surface area contributed by atoms with Crippen molar-refractivity contribution in [3.8, 4) is 0 Å². The zero-order valence-corrected chi connectivity index (χ0v) is 15.9. The Balaban J connectivity index is 1.69. The van der Waals surface area contributed by atoms with E-state index in [0.29, 0.717) is 12.3 Å². The smallest absolute Gasteiger partial charge is 0.314 e. The van der Waals surface area contributed by atoms with Gasteiger partial charge >= 0.3 is 5.97 Å². The Labute approximate surface area is 154 Å². The van der Waals surface area contributed by atoms with Gasteiger partial charge in [-0.15, -0.1) is 0 Å². The molecule has 2 N–H and O–H groups in total. The molecular formula is C21H30O5. The number of ether oxygens (including phenoxy) is 2. The summed E-state index contributed by atoms with van der Waals surface area (Å²) < 4.78 is 11.3. The second kappa shape index (κ2) is 4.92. The molecule has 5 heteroatoms. The molecule has 5 aliphatic rings. The highest BCUT2D eigenvalue weighted by molar-refractivity contribution is 5.79. The summed E-state index contributed by atoms with van der Waals surface area (Å²) >= 11 is 0. The Morgan fingerprint density at radius 2 is 1.96 bits per heavy atom. The summed E-state index contributed by atoms with van der Waals surface area (Å²) in [5, 5.41) is 22.3. The Kier molecular flexibility index (Phi) is 3.26. The number of carbonyl (C=O) groups excluding carboxylic acids is 1. The quantitative estimate of drug-likeness (QED) is 0.553. The summed E-state index contributed by atoms with van der Waals surface area (Å²) in [6.07, 6.45) is 2.70. The Hall–Kier alpha value is -0.910. The SMILES string of the molecule is C=C1C2CCC3C4(C)C(CCC5(C)C(=O)OC(O)C54)C(O)C3(C2)C1OC. The Morgan fingerprint density at radius 1 is 1.23 bits per heavy atom. The van der Waals surface area contributed by atoms with Crippen LogP contribution < -0.4 is 0 Å². The van der Waals surface area contributed by atoms with E-state index in [1.165, 1.54) is 0 Å². The molecule has 0 radical (unpaired) electrons. The number of aliphatic hydroxyl groups is 2. The van der Waals surface area contributed by atoms with Gasteiger partial charge in [-0.25, -0.2) is 0 Å². The zero-order valence-electron chi connectivity index (χ0n) is 15.9. The average Bonchev–Trinajstić information content (AvgIpc) is 3.04. The van der Waals surface area contributed by atoms with Gasteiger partial charge in [0.05, 0.1) is 17.6 Å². The maximum absolute atomic E-state index is 12.6. The summed E-state index contributed by atoms with van der Waals surface area (Å²) in [5.41, 5.74) is -0.224. The lowest BCUT2D eigenvalue weighted by Crippen LogP contribution is -2.53. The van der Waals surface area contributed by atoms with Gasteiger partial charge in [0.2, 0.25) is 6.29 Å². The highest BCUT2D eigenvalue weighted by Gasteiger charge is 2.78. The lowest BCUT2D eigenvalue weighted by molar-refractivity contribution is -0.163. The maximum atomic E-state index is 12.6. The number of esters is 1. The van der Waals surface area contributed by atoms with Gasteiger partial charge in [-0.05, 0) is 67.8 Å². The third-order valence-corrected chi connectivity index (χ3v) is 9.43. The van der Waals surface area contributed by atoms with Crippen molar-refractivity contribution in [2.24, 2.45) is 39.9 Å². The molecule has 1 aliphatic heterocycles. The first-order valence-electron chi connectivity index (χ1n) is 10.0. The van der Waals surface area contributed by atoms with Crippen molar-refractivity contribution in [2.75, 3.05) is 7.11 Å². The number of aliphatic hydroxyl groups excluding tert-OH is 2. The molecule has 0 aromatic carbocycles. The normalized spacial score (nSPS) is 60.4. The first kappa shape index (κ1) is 17.2. The maximum Gasteiger partial charge on any atom is 0.314 e. The topological polar surface area (TPSA) is 76.0 Å². The summed E-state index contributed by atoms with van der Waals surface area (Å²) in [4.78, 5) is 12.6. The Morgan fingerprint density at radius 3 is 2.65 bits per heavy atom. The van der Waals surface area contributed by atoms with Crippen molar-refractivity contribution in [3.05, 3.63) is 12.2 Å². The first-order chi connectivity index (χ1) is 12.2.